The van der Waals surface area contributed by atoms with Crippen molar-refractivity contribution in [1.82, 2.24) is 5.32 Å². The average Bonchev–Trinajstić information content (AvgIpc) is 3.02. The first kappa shape index (κ1) is 17.3. The first-order valence-electron chi connectivity index (χ1n) is 7.39. The fourth-order valence-corrected chi connectivity index (χ4v) is 2.59. The number of benzene rings is 2. The summed E-state index contributed by atoms with van der Waals surface area (Å²) in [5.41, 5.74) is 1.29. The van der Waals surface area contributed by atoms with Gasteiger partial charge in [0.25, 0.3) is 5.91 Å². The Morgan fingerprint density at radius 3 is 2.68 bits per heavy atom. The summed E-state index contributed by atoms with van der Waals surface area (Å²) in [6.07, 6.45) is 0. The molecule has 3 aromatic rings. The molecule has 0 bridgehead atoms. The Balaban J connectivity index is 1.54. The van der Waals surface area contributed by atoms with Gasteiger partial charge in [-0.15, -0.1) is 0 Å². The SMILES string of the molecule is O=C(COC(=O)c1cc2cc(Cl)ccc2o1)NCc1ccccc1Cl. The molecule has 0 saturated carbocycles. The summed E-state index contributed by atoms with van der Waals surface area (Å²) in [5.74, 6) is -1.15. The summed E-state index contributed by atoms with van der Waals surface area (Å²) in [7, 11) is 0. The molecule has 5 nitrogen and oxygen atoms in total. The van der Waals surface area contributed by atoms with Crippen LogP contribution in [0.4, 0.5) is 0 Å². The van der Waals surface area contributed by atoms with Crippen LogP contribution in [0.2, 0.25) is 10.0 Å². The second-order valence-corrected chi connectivity index (χ2v) is 6.08. The molecule has 1 heterocycles. The number of ether oxygens (including phenoxy) is 1. The number of rotatable bonds is 5. The minimum absolute atomic E-state index is 0.0103. The van der Waals surface area contributed by atoms with Crippen LogP contribution in [-0.2, 0) is 16.1 Å². The average molecular weight is 378 g/mol. The number of nitrogens with one attached hydrogen (secondary N) is 1. The van der Waals surface area contributed by atoms with E-state index in [-0.39, 0.29) is 12.3 Å². The largest absolute Gasteiger partial charge is 0.450 e. The lowest BCUT2D eigenvalue weighted by atomic mass is 10.2. The molecular formula is C18H13Cl2NO4. The van der Waals surface area contributed by atoms with Gasteiger partial charge in [0.1, 0.15) is 5.58 Å². The molecule has 1 N–H and O–H groups in total. The van der Waals surface area contributed by atoms with E-state index in [0.29, 0.717) is 21.0 Å². The molecular weight excluding hydrogens is 365 g/mol. The highest BCUT2D eigenvalue weighted by molar-refractivity contribution is 6.31. The molecule has 2 aromatic carbocycles. The van der Waals surface area contributed by atoms with Gasteiger partial charge >= 0.3 is 5.97 Å². The van der Waals surface area contributed by atoms with Crippen molar-refractivity contribution in [3.8, 4) is 0 Å². The van der Waals surface area contributed by atoms with Crippen LogP contribution in [0.3, 0.4) is 0 Å². The zero-order valence-electron chi connectivity index (χ0n) is 12.9. The third kappa shape index (κ3) is 4.32. The fraction of sp³-hybridized carbons (Fsp3) is 0.111. The van der Waals surface area contributed by atoms with Crippen molar-refractivity contribution in [2.75, 3.05) is 6.61 Å². The fourth-order valence-electron chi connectivity index (χ4n) is 2.20. The van der Waals surface area contributed by atoms with E-state index in [1.807, 2.05) is 6.07 Å². The molecule has 0 atom stereocenters. The van der Waals surface area contributed by atoms with Crippen molar-refractivity contribution in [3.63, 3.8) is 0 Å². The minimum atomic E-state index is -0.722. The highest BCUT2D eigenvalue weighted by Crippen LogP contribution is 2.23. The lowest BCUT2D eigenvalue weighted by Crippen LogP contribution is -2.28. The molecule has 0 spiro atoms. The van der Waals surface area contributed by atoms with Crippen molar-refractivity contribution in [2.24, 2.45) is 0 Å². The molecule has 7 heteroatoms. The van der Waals surface area contributed by atoms with Gasteiger partial charge in [-0.3, -0.25) is 4.79 Å². The first-order valence-corrected chi connectivity index (χ1v) is 8.15. The third-order valence-corrected chi connectivity index (χ3v) is 4.05. The number of fused-ring (bicyclic) bond motifs is 1. The lowest BCUT2D eigenvalue weighted by molar-refractivity contribution is -0.124. The standard InChI is InChI=1S/C18H13Cl2NO4/c19-13-5-6-15-12(7-13)8-16(25-15)18(23)24-10-17(22)21-9-11-3-1-2-4-14(11)20/h1-8H,9-10H2,(H,21,22). The minimum Gasteiger partial charge on any atom is -0.450 e. The Hall–Kier alpha value is -2.50. The number of esters is 1. The third-order valence-electron chi connectivity index (χ3n) is 3.45. The van der Waals surface area contributed by atoms with Gasteiger partial charge in [0.15, 0.2) is 6.61 Å². The first-order chi connectivity index (χ1) is 12.0. The summed E-state index contributed by atoms with van der Waals surface area (Å²) in [4.78, 5) is 23.8. The summed E-state index contributed by atoms with van der Waals surface area (Å²) < 4.78 is 10.3. The molecule has 128 valence electrons. The van der Waals surface area contributed by atoms with E-state index in [4.69, 9.17) is 32.4 Å². The Labute approximate surface area is 153 Å². The van der Waals surface area contributed by atoms with Crippen LogP contribution in [0.1, 0.15) is 16.1 Å². The maximum absolute atomic E-state index is 12.0. The zero-order valence-corrected chi connectivity index (χ0v) is 14.4. The van der Waals surface area contributed by atoms with E-state index < -0.39 is 18.5 Å². The van der Waals surface area contributed by atoms with Crippen LogP contribution in [-0.4, -0.2) is 18.5 Å². The predicted molar refractivity (Wildman–Crippen MR) is 94.8 cm³/mol. The van der Waals surface area contributed by atoms with E-state index in [1.165, 1.54) is 6.07 Å². The van der Waals surface area contributed by atoms with Crippen LogP contribution in [0.25, 0.3) is 11.0 Å². The summed E-state index contributed by atoms with van der Waals surface area (Å²) >= 11 is 11.9. The van der Waals surface area contributed by atoms with Crippen molar-refractivity contribution >= 4 is 46.0 Å². The zero-order chi connectivity index (χ0) is 17.8. The van der Waals surface area contributed by atoms with Crippen LogP contribution in [0.5, 0.6) is 0 Å². The van der Waals surface area contributed by atoms with E-state index in [9.17, 15) is 9.59 Å². The van der Waals surface area contributed by atoms with Crippen LogP contribution in [0, 0.1) is 0 Å². The molecule has 0 fully saturated rings. The Morgan fingerprint density at radius 2 is 1.88 bits per heavy atom. The molecule has 0 aliphatic rings. The number of amides is 1. The molecule has 3 rings (SSSR count). The smallest absolute Gasteiger partial charge is 0.374 e. The monoisotopic (exact) mass is 377 g/mol. The van der Waals surface area contributed by atoms with E-state index in [1.54, 1.807) is 36.4 Å². The molecule has 0 saturated heterocycles. The van der Waals surface area contributed by atoms with Crippen molar-refractivity contribution in [2.45, 2.75) is 6.54 Å². The van der Waals surface area contributed by atoms with Gasteiger partial charge in [-0.05, 0) is 35.9 Å². The van der Waals surface area contributed by atoms with E-state index >= 15 is 0 Å². The molecule has 1 amide bonds. The van der Waals surface area contributed by atoms with Gasteiger partial charge in [-0.2, -0.15) is 0 Å². The highest BCUT2D eigenvalue weighted by atomic mass is 35.5. The number of halogens is 2. The Morgan fingerprint density at radius 1 is 1.08 bits per heavy atom. The van der Waals surface area contributed by atoms with Gasteiger partial charge in [-0.1, -0.05) is 41.4 Å². The quantitative estimate of drug-likeness (QED) is 0.676. The van der Waals surface area contributed by atoms with Crippen LogP contribution in [0.15, 0.2) is 52.9 Å². The molecule has 1 aromatic heterocycles. The van der Waals surface area contributed by atoms with Gasteiger partial charge < -0.3 is 14.5 Å². The topological polar surface area (TPSA) is 68.5 Å². The molecule has 0 aliphatic carbocycles. The highest BCUT2D eigenvalue weighted by Gasteiger charge is 2.15. The predicted octanol–water partition coefficient (Wildman–Crippen LogP) is 4.21. The van der Waals surface area contributed by atoms with Crippen LogP contribution >= 0.6 is 23.2 Å². The molecule has 0 radical (unpaired) electrons. The summed E-state index contributed by atoms with van der Waals surface area (Å²) in [6.45, 7) is -0.166. The number of hydrogen-bond donors (Lipinski definition) is 1. The van der Waals surface area contributed by atoms with E-state index in [2.05, 4.69) is 5.32 Å². The van der Waals surface area contributed by atoms with Crippen LogP contribution < -0.4 is 5.32 Å². The van der Waals surface area contributed by atoms with Crippen molar-refractivity contribution < 1.29 is 18.7 Å². The second kappa shape index (κ2) is 7.59. The summed E-state index contributed by atoms with van der Waals surface area (Å²) in [5, 5.41) is 4.41. The molecule has 0 aliphatic heterocycles. The maximum atomic E-state index is 12.0. The maximum Gasteiger partial charge on any atom is 0.374 e. The van der Waals surface area contributed by atoms with Gasteiger partial charge in [-0.25, -0.2) is 4.79 Å². The van der Waals surface area contributed by atoms with Crippen molar-refractivity contribution in [3.05, 3.63) is 69.9 Å². The molecule has 0 unspecified atom stereocenters. The van der Waals surface area contributed by atoms with Gasteiger partial charge in [0.05, 0.1) is 0 Å². The van der Waals surface area contributed by atoms with E-state index in [0.717, 1.165) is 5.56 Å². The second-order valence-electron chi connectivity index (χ2n) is 5.24. The number of carbonyl (C=O) groups excluding carboxylic acids is 2. The normalized spacial score (nSPS) is 10.6. The van der Waals surface area contributed by atoms with Gasteiger partial charge in [0, 0.05) is 22.0 Å². The summed E-state index contributed by atoms with van der Waals surface area (Å²) in [6, 6.07) is 13.7. The Kier molecular flexibility index (Phi) is 5.26. The number of carbonyl (C=O) groups is 2. The lowest BCUT2D eigenvalue weighted by Gasteiger charge is -2.07. The van der Waals surface area contributed by atoms with Gasteiger partial charge in [0.2, 0.25) is 5.76 Å². The Bertz CT molecular complexity index is 936. The van der Waals surface area contributed by atoms with Crippen molar-refractivity contribution in [1.29, 1.82) is 0 Å². The molecule has 25 heavy (non-hydrogen) atoms. The number of furan rings is 1. The number of hydrogen-bond acceptors (Lipinski definition) is 4.